The number of hydrogen-bond donors (Lipinski definition) is 2. The zero-order valence-corrected chi connectivity index (χ0v) is 29.1. The van der Waals surface area contributed by atoms with Gasteiger partial charge in [0, 0.05) is 11.1 Å². The van der Waals surface area contributed by atoms with Crippen molar-refractivity contribution in [2.75, 3.05) is 0 Å². The molecule has 0 aromatic heterocycles. The molecule has 2 amide bonds. The van der Waals surface area contributed by atoms with Gasteiger partial charge in [0.1, 0.15) is 6.04 Å². The summed E-state index contributed by atoms with van der Waals surface area (Å²) in [6, 6.07) is 9.54. The van der Waals surface area contributed by atoms with E-state index >= 15 is 0 Å². The standard InChI is InChI=1S/C35H53ClN2O3Si/c1-27(22-24-29-18-12-11-13-19-29)17-14-15-21-31(39)38-32(34(3,4)5)33(40)37-26-16-20-30(25-23-28(2)36)41-42(9,10)35(6,7)8/h11-19,21-23,26,30,32H,20,24-25H2,1-10H3,(H,37,40)(H,38,39)/b17-14-,21-15-,26-16-,27-22+,28-23+/t30-,32+/m0/s1. The highest BCUT2D eigenvalue weighted by molar-refractivity contribution is 6.74. The number of carbonyl (C=O) groups excluding carboxylic acids is 2. The molecule has 0 aliphatic rings. The third kappa shape index (κ3) is 15.0. The van der Waals surface area contributed by atoms with E-state index < -0.39 is 19.8 Å². The summed E-state index contributed by atoms with van der Waals surface area (Å²) in [5.41, 5.74) is 1.87. The van der Waals surface area contributed by atoms with Crippen molar-refractivity contribution in [3.05, 3.63) is 95.2 Å². The normalized spacial score (nSPS) is 15.4. The van der Waals surface area contributed by atoms with Gasteiger partial charge in [-0.2, -0.15) is 0 Å². The Bertz CT molecular complexity index is 1150. The lowest BCUT2D eigenvalue weighted by Crippen LogP contribution is -2.52. The second-order valence-electron chi connectivity index (χ2n) is 13.3. The van der Waals surface area contributed by atoms with Crippen molar-refractivity contribution in [3.63, 3.8) is 0 Å². The molecule has 0 spiro atoms. The van der Waals surface area contributed by atoms with E-state index in [1.165, 1.54) is 11.6 Å². The molecular formula is C35H53ClN2O3Si. The molecule has 1 aromatic rings. The summed E-state index contributed by atoms with van der Waals surface area (Å²) < 4.78 is 6.61. The van der Waals surface area contributed by atoms with E-state index in [4.69, 9.17) is 16.0 Å². The number of benzene rings is 1. The van der Waals surface area contributed by atoms with Crippen LogP contribution in [0.5, 0.6) is 0 Å². The highest BCUT2D eigenvalue weighted by Gasteiger charge is 2.38. The van der Waals surface area contributed by atoms with Gasteiger partial charge in [0.05, 0.1) is 6.10 Å². The summed E-state index contributed by atoms with van der Waals surface area (Å²) in [6.07, 6.45) is 16.7. The minimum atomic E-state index is -1.98. The molecule has 2 N–H and O–H groups in total. The van der Waals surface area contributed by atoms with Crippen molar-refractivity contribution in [3.8, 4) is 0 Å². The van der Waals surface area contributed by atoms with Crippen molar-refractivity contribution in [2.24, 2.45) is 5.41 Å². The van der Waals surface area contributed by atoms with Gasteiger partial charge < -0.3 is 15.1 Å². The van der Waals surface area contributed by atoms with Crippen molar-refractivity contribution in [2.45, 2.75) is 105 Å². The van der Waals surface area contributed by atoms with E-state index in [0.717, 1.165) is 17.0 Å². The maximum absolute atomic E-state index is 13.1. The van der Waals surface area contributed by atoms with Crippen LogP contribution in [0.25, 0.3) is 0 Å². The maximum Gasteiger partial charge on any atom is 0.247 e. The fourth-order valence-corrected chi connectivity index (χ4v) is 5.17. The molecule has 1 aromatic carbocycles. The van der Waals surface area contributed by atoms with Gasteiger partial charge in [-0.25, -0.2) is 0 Å². The van der Waals surface area contributed by atoms with Crippen molar-refractivity contribution in [1.29, 1.82) is 0 Å². The van der Waals surface area contributed by atoms with Crippen LogP contribution in [0.4, 0.5) is 0 Å². The van der Waals surface area contributed by atoms with E-state index in [2.05, 4.69) is 62.7 Å². The van der Waals surface area contributed by atoms with Crippen LogP contribution in [-0.4, -0.2) is 32.3 Å². The third-order valence-corrected chi connectivity index (χ3v) is 12.0. The van der Waals surface area contributed by atoms with Crippen LogP contribution in [0.1, 0.15) is 73.8 Å². The summed E-state index contributed by atoms with van der Waals surface area (Å²) in [6.45, 7) is 20.8. The summed E-state index contributed by atoms with van der Waals surface area (Å²) in [7, 11) is -1.98. The molecule has 0 fully saturated rings. The summed E-state index contributed by atoms with van der Waals surface area (Å²) >= 11 is 6.09. The lowest BCUT2D eigenvalue weighted by molar-refractivity contribution is -0.129. The van der Waals surface area contributed by atoms with Gasteiger partial charge in [-0.05, 0) is 68.4 Å². The van der Waals surface area contributed by atoms with E-state index in [0.29, 0.717) is 12.8 Å². The van der Waals surface area contributed by atoms with Crippen LogP contribution in [0.15, 0.2) is 89.7 Å². The molecule has 42 heavy (non-hydrogen) atoms. The number of amides is 2. The van der Waals surface area contributed by atoms with Gasteiger partial charge in [0.15, 0.2) is 8.32 Å². The van der Waals surface area contributed by atoms with E-state index in [-0.39, 0.29) is 23.0 Å². The minimum Gasteiger partial charge on any atom is -0.413 e. The zero-order chi connectivity index (χ0) is 32.0. The number of carbonyl (C=O) groups is 2. The van der Waals surface area contributed by atoms with Crippen LogP contribution in [0, 0.1) is 5.41 Å². The average Bonchev–Trinajstić information content (AvgIpc) is 2.88. The first-order valence-corrected chi connectivity index (χ1v) is 18.0. The van der Waals surface area contributed by atoms with Crippen LogP contribution >= 0.6 is 11.6 Å². The van der Waals surface area contributed by atoms with Crippen molar-refractivity contribution >= 4 is 31.7 Å². The highest BCUT2D eigenvalue weighted by Crippen LogP contribution is 2.38. The Morgan fingerprint density at radius 3 is 2.14 bits per heavy atom. The lowest BCUT2D eigenvalue weighted by Gasteiger charge is -2.39. The van der Waals surface area contributed by atoms with E-state index in [1.54, 1.807) is 12.3 Å². The van der Waals surface area contributed by atoms with Crippen LogP contribution in [0.3, 0.4) is 0 Å². The largest absolute Gasteiger partial charge is 0.413 e. The Labute approximate surface area is 261 Å². The van der Waals surface area contributed by atoms with E-state index in [9.17, 15) is 9.59 Å². The SMILES string of the molecule is C/C(Cl)=C\C[C@H](C/C=C\NC(=O)[C@@H](NC(=O)\C=C/C=C\C(C)=C\Cc1ccccc1)C(C)(C)C)O[Si](C)(C)C(C)(C)C. The third-order valence-electron chi connectivity index (χ3n) is 7.31. The first-order chi connectivity index (χ1) is 19.4. The number of rotatable bonds is 14. The summed E-state index contributed by atoms with van der Waals surface area (Å²) in [5.74, 6) is -0.593. The van der Waals surface area contributed by atoms with Gasteiger partial charge in [-0.15, -0.1) is 0 Å². The Balaban J connectivity index is 2.76. The highest BCUT2D eigenvalue weighted by atomic mass is 35.5. The average molecular weight is 613 g/mol. The molecule has 232 valence electrons. The fraction of sp³-hybridized carbons (Fsp3) is 0.486. The second kappa shape index (κ2) is 17.4. The molecule has 5 nitrogen and oxygen atoms in total. The van der Waals surface area contributed by atoms with E-state index in [1.807, 2.05) is 77.1 Å². The Hall–Kier alpha value is -2.67. The lowest BCUT2D eigenvalue weighted by atomic mass is 9.86. The van der Waals surface area contributed by atoms with Crippen molar-refractivity contribution < 1.29 is 14.0 Å². The Morgan fingerprint density at radius 2 is 1.57 bits per heavy atom. The van der Waals surface area contributed by atoms with Crippen molar-refractivity contribution in [1.82, 2.24) is 10.6 Å². The van der Waals surface area contributed by atoms with Gasteiger partial charge in [0.25, 0.3) is 0 Å². The fourth-order valence-electron chi connectivity index (χ4n) is 3.70. The molecule has 1 rings (SSSR count). The van der Waals surface area contributed by atoms with Gasteiger partial charge >= 0.3 is 0 Å². The molecule has 2 atom stereocenters. The minimum absolute atomic E-state index is 0.0409. The second-order valence-corrected chi connectivity index (χ2v) is 18.7. The molecule has 0 aliphatic carbocycles. The number of hydrogen-bond acceptors (Lipinski definition) is 3. The number of halogens is 1. The predicted molar refractivity (Wildman–Crippen MR) is 182 cm³/mol. The number of nitrogens with one attached hydrogen (secondary N) is 2. The molecular weight excluding hydrogens is 560 g/mol. The molecule has 0 bridgehead atoms. The van der Waals surface area contributed by atoms with Gasteiger partial charge in [-0.3, -0.25) is 9.59 Å². The Morgan fingerprint density at radius 1 is 0.952 bits per heavy atom. The summed E-state index contributed by atoms with van der Waals surface area (Å²) in [5, 5.41) is 6.53. The summed E-state index contributed by atoms with van der Waals surface area (Å²) in [4.78, 5) is 25.7. The zero-order valence-electron chi connectivity index (χ0n) is 27.4. The number of allylic oxidation sites excluding steroid dienone is 6. The molecule has 0 heterocycles. The smallest absolute Gasteiger partial charge is 0.247 e. The molecule has 0 unspecified atom stereocenters. The molecule has 0 saturated carbocycles. The van der Waals surface area contributed by atoms with Gasteiger partial charge in [0.2, 0.25) is 11.8 Å². The molecule has 0 radical (unpaired) electrons. The topological polar surface area (TPSA) is 67.4 Å². The molecule has 7 heteroatoms. The van der Waals surface area contributed by atoms with Crippen LogP contribution in [0.2, 0.25) is 18.1 Å². The molecule has 0 aliphatic heterocycles. The molecule has 0 saturated heterocycles. The van der Waals surface area contributed by atoms with Crippen LogP contribution in [-0.2, 0) is 20.4 Å². The Kier molecular flexibility index (Phi) is 15.5. The van der Waals surface area contributed by atoms with Gasteiger partial charge in [-0.1, -0.05) is 126 Å². The maximum atomic E-state index is 13.1. The monoisotopic (exact) mass is 612 g/mol. The first-order valence-electron chi connectivity index (χ1n) is 14.7. The predicted octanol–water partition coefficient (Wildman–Crippen LogP) is 8.76. The van der Waals surface area contributed by atoms with Crippen LogP contribution < -0.4 is 10.6 Å². The first kappa shape index (κ1) is 37.4. The quantitative estimate of drug-likeness (QED) is 0.125.